The fourth-order valence-corrected chi connectivity index (χ4v) is 3.46. The standard InChI is InChI=1S/C23H24N4O3/c1-14(2)21-25-19-9-8-15(12-20(19)26-21)24-22(28)18-13-27(10-11-30-3)23(29)17-7-5-4-6-16(17)18/h4-9,12-14H,10-11H2,1-3H3,(H,24,28)(H,25,26). The number of hydrogen-bond acceptors (Lipinski definition) is 4. The molecule has 0 aliphatic heterocycles. The maximum absolute atomic E-state index is 13.1. The lowest BCUT2D eigenvalue weighted by molar-refractivity contribution is 0.102. The van der Waals surface area contributed by atoms with Gasteiger partial charge in [0.05, 0.1) is 23.2 Å². The van der Waals surface area contributed by atoms with E-state index in [1.54, 1.807) is 31.5 Å². The molecule has 0 saturated carbocycles. The average molecular weight is 404 g/mol. The van der Waals surface area contributed by atoms with Crippen LogP contribution in [0.15, 0.2) is 53.5 Å². The Morgan fingerprint density at radius 1 is 1.20 bits per heavy atom. The summed E-state index contributed by atoms with van der Waals surface area (Å²) in [5.74, 6) is 0.917. The molecule has 0 bridgehead atoms. The predicted molar refractivity (Wildman–Crippen MR) is 118 cm³/mol. The molecule has 0 spiro atoms. The molecule has 7 heteroatoms. The number of carbonyl (C=O) groups excluding carboxylic acids is 1. The van der Waals surface area contributed by atoms with Gasteiger partial charge >= 0.3 is 0 Å². The summed E-state index contributed by atoms with van der Waals surface area (Å²) in [5.41, 5.74) is 2.68. The molecule has 0 aliphatic rings. The van der Waals surface area contributed by atoms with Crippen molar-refractivity contribution in [1.29, 1.82) is 0 Å². The second kappa shape index (κ2) is 8.12. The maximum Gasteiger partial charge on any atom is 0.258 e. The maximum atomic E-state index is 13.1. The molecule has 4 rings (SSSR count). The zero-order chi connectivity index (χ0) is 21.3. The van der Waals surface area contributed by atoms with Crippen molar-refractivity contribution in [3.8, 4) is 0 Å². The van der Waals surface area contributed by atoms with Crippen LogP contribution in [0.1, 0.15) is 35.9 Å². The number of fused-ring (bicyclic) bond motifs is 2. The number of benzene rings is 2. The minimum atomic E-state index is -0.277. The molecule has 1 amide bonds. The molecule has 2 N–H and O–H groups in total. The summed E-state index contributed by atoms with van der Waals surface area (Å²) >= 11 is 0. The lowest BCUT2D eigenvalue weighted by Crippen LogP contribution is -2.25. The van der Waals surface area contributed by atoms with Crippen LogP contribution in [-0.4, -0.2) is 34.2 Å². The van der Waals surface area contributed by atoms with Gasteiger partial charge in [-0.05, 0) is 24.3 Å². The Morgan fingerprint density at radius 3 is 2.70 bits per heavy atom. The zero-order valence-electron chi connectivity index (χ0n) is 17.2. The van der Waals surface area contributed by atoms with Crippen LogP contribution in [-0.2, 0) is 11.3 Å². The van der Waals surface area contributed by atoms with Gasteiger partial charge in [-0.25, -0.2) is 4.98 Å². The molecule has 2 heterocycles. The monoisotopic (exact) mass is 404 g/mol. The molecular weight excluding hydrogens is 380 g/mol. The number of carbonyl (C=O) groups is 1. The highest BCUT2D eigenvalue weighted by molar-refractivity contribution is 6.12. The van der Waals surface area contributed by atoms with Crippen LogP contribution in [0.25, 0.3) is 21.8 Å². The number of rotatable bonds is 6. The number of amides is 1. The summed E-state index contributed by atoms with van der Waals surface area (Å²) < 4.78 is 6.62. The number of anilines is 1. The van der Waals surface area contributed by atoms with Crippen LogP contribution < -0.4 is 10.9 Å². The van der Waals surface area contributed by atoms with Crippen molar-refractivity contribution in [2.24, 2.45) is 0 Å². The summed E-state index contributed by atoms with van der Waals surface area (Å²) in [6.07, 6.45) is 1.60. The van der Waals surface area contributed by atoms with Crippen molar-refractivity contribution < 1.29 is 9.53 Å². The number of hydrogen-bond donors (Lipinski definition) is 2. The smallest absolute Gasteiger partial charge is 0.258 e. The average Bonchev–Trinajstić information content (AvgIpc) is 3.17. The van der Waals surface area contributed by atoms with E-state index in [2.05, 4.69) is 29.1 Å². The minimum absolute atomic E-state index is 0.140. The fraction of sp³-hybridized carbons (Fsp3) is 0.261. The Hall–Kier alpha value is -3.45. The molecule has 0 aliphatic carbocycles. The van der Waals surface area contributed by atoms with Crippen molar-refractivity contribution in [1.82, 2.24) is 14.5 Å². The number of imidazole rings is 1. The molecule has 0 atom stereocenters. The summed E-state index contributed by atoms with van der Waals surface area (Å²) in [6.45, 7) is 4.90. The van der Waals surface area contributed by atoms with Crippen LogP contribution in [0.5, 0.6) is 0 Å². The van der Waals surface area contributed by atoms with E-state index in [0.29, 0.717) is 35.2 Å². The Kier molecular flexibility index (Phi) is 5.37. The van der Waals surface area contributed by atoms with Gasteiger partial charge in [-0.2, -0.15) is 0 Å². The molecule has 7 nitrogen and oxygen atoms in total. The highest BCUT2D eigenvalue weighted by Gasteiger charge is 2.15. The van der Waals surface area contributed by atoms with E-state index >= 15 is 0 Å². The van der Waals surface area contributed by atoms with Gasteiger partial charge in [0, 0.05) is 42.2 Å². The third-order valence-corrected chi connectivity index (χ3v) is 5.08. The van der Waals surface area contributed by atoms with E-state index < -0.39 is 0 Å². The highest BCUT2D eigenvalue weighted by atomic mass is 16.5. The van der Waals surface area contributed by atoms with Gasteiger partial charge in [-0.3, -0.25) is 9.59 Å². The van der Waals surface area contributed by atoms with Crippen molar-refractivity contribution >= 4 is 33.4 Å². The highest BCUT2D eigenvalue weighted by Crippen LogP contribution is 2.22. The number of ether oxygens (including phenoxy) is 1. The summed E-state index contributed by atoms with van der Waals surface area (Å²) in [4.78, 5) is 33.7. The number of nitrogens with zero attached hydrogens (tertiary/aromatic N) is 2. The molecule has 4 aromatic rings. The zero-order valence-corrected chi connectivity index (χ0v) is 17.2. The van der Waals surface area contributed by atoms with E-state index in [4.69, 9.17) is 4.74 Å². The first-order chi connectivity index (χ1) is 14.5. The third-order valence-electron chi connectivity index (χ3n) is 5.08. The molecule has 154 valence electrons. The molecule has 0 unspecified atom stereocenters. The number of aromatic amines is 1. The second-order valence-corrected chi connectivity index (χ2v) is 7.54. The van der Waals surface area contributed by atoms with Crippen LogP contribution in [0, 0.1) is 0 Å². The minimum Gasteiger partial charge on any atom is -0.383 e. The van der Waals surface area contributed by atoms with E-state index in [0.717, 1.165) is 16.9 Å². The predicted octanol–water partition coefficient (Wildman–Crippen LogP) is 3.90. The number of methoxy groups -OCH3 is 1. The normalized spacial score (nSPS) is 11.5. The molecule has 2 aromatic heterocycles. The third kappa shape index (κ3) is 3.71. The number of H-pyrrole nitrogens is 1. The van der Waals surface area contributed by atoms with Gasteiger partial charge in [0.25, 0.3) is 11.5 Å². The van der Waals surface area contributed by atoms with Crippen LogP contribution in [0.4, 0.5) is 5.69 Å². The topological polar surface area (TPSA) is 89.0 Å². The van der Waals surface area contributed by atoms with Gasteiger partial charge in [0.1, 0.15) is 5.82 Å². The van der Waals surface area contributed by atoms with Gasteiger partial charge in [0.15, 0.2) is 0 Å². The second-order valence-electron chi connectivity index (χ2n) is 7.54. The van der Waals surface area contributed by atoms with E-state index in [1.807, 2.05) is 24.3 Å². The number of pyridine rings is 1. The Balaban J connectivity index is 1.71. The van der Waals surface area contributed by atoms with Gasteiger partial charge in [-0.15, -0.1) is 0 Å². The molecule has 2 aromatic carbocycles. The van der Waals surface area contributed by atoms with E-state index in [-0.39, 0.29) is 17.4 Å². The molecule has 0 fully saturated rings. The first-order valence-corrected chi connectivity index (χ1v) is 9.90. The number of aromatic nitrogens is 3. The molecule has 0 radical (unpaired) electrons. The van der Waals surface area contributed by atoms with Gasteiger partial charge < -0.3 is 19.6 Å². The first kappa shape index (κ1) is 19.8. The molecule has 30 heavy (non-hydrogen) atoms. The lowest BCUT2D eigenvalue weighted by Gasteiger charge is -2.12. The van der Waals surface area contributed by atoms with Gasteiger partial charge in [0.2, 0.25) is 0 Å². The lowest BCUT2D eigenvalue weighted by atomic mass is 10.1. The van der Waals surface area contributed by atoms with Crippen molar-refractivity contribution in [3.63, 3.8) is 0 Å². The Bertz CT molecular complexity index is 1290. The summed E-state index contributed by atoms with van der Waals surface area (Å²) in [5, 5.41) is 4.08. The van der Waals surface area contributed by atoms with E-state index in [1.165, 1.54) is 4.57 Å². The molecular formula is C23H24N4O3. The van der Waals surface area contributed by atoms with Crippen LogP contribution in [0.3, 0.4) is 0 Å². The van der Waals surface area contributed by atoms with Crippen LogP contribution in [0.2, 0.25) is 0 Å². The fourth-order valence-electron chi connectivity index (χ4n) is 3.46. The Morgan fingerprint density at radius 2 is 1.97 bits per heavy atom. The quantitative estimate of drug-likeness (QED) is 0.510. The first-order valence-electron chi connectivity index (χ1n) is 9.90. The van der Waals surface area contributed by atoms with E-state index in [9.17, 15) is 9.59 Å². The number of nitrogens with one attached hydrogen (secondary N) is 2. The van der Waals surface area contributed by atoms with Crippen molar-refractivity contribution in [2.75, 3.05) is 19.0 Å². The largest absolute Gasteiger partial charge is 0.383 e. The van der Waals surface area contributed by atoms with Crippen molar-refractivity contribution in [3.05, 3.63) is 70.4 Å². The summed E-state index contributed by atoms with van der Waals surface area (Å²) in [6, 6.07) is 12.7. The van der Waals surface area contributed by atoms with Crippen LogP contribution >= 0.6 is 0 Å². The summed E-state index contributed by atoms with van der Waals surface area (Å²) in [7, 11) is 1.58. The van der Waals surface area contributed by atoms with Gasteiger partial charge in [-0.1, -0.05) is 32.0 Å². The van der Waals surface area contributed by atoms with Crippen molar-refractivity contribution in [2.45, 2.75) is 26.3 Å². The molecule has 0 saturated heterocycles. The SMILES string of the molecule is COCCn1cc(C(=O)Nc2ccc3nc(C(C)C)[nH]c3c2)c2ccccc2c1=O. The Labute approximate surface area is 173 Å².